The molecule has 0 aromatic carbocycles. The third-order valence-electron chi connectivity index (χ3n) is 2.32. The van der Waals surface area contributed by atoms with E-state index in [0.717, 1.165) is 11.5 Å². The average molecular weight is 213 g/mol. The first-order valence-electron chi connectivity index (χ1n) is 5.30. The Balaban J connectivity index is 4.24. The summed E-state index contributed by atoms with van der Waals surface area (Å²) >= 11 is 5.24. The number of allylic oxidation sites excluding steroid dienone is 1. The monoisotopic (exact) mass is 213 g/mol. The van der Waals surface area contributed by atoms with E-state index in [2.05, 4.69) is 46.9 Å². The van der Waals surface area contributed by atoms with Crippen LogP contribution in [0.15, 0.2) is 11.1 Å². The summed E-state index contributed by atoms with van der Waals surface area (Å²) in [6, 6.07) is 0. The van der Waals surface area contributed by atoms with Gasteiger partial charge in [-0.2, -0.15) is 0 Å². The highest BCUT2D eigenvalue weighted by Crippen LogP contribution is 2.13. The van der Waals surface area contributed by atoms with Crippen LogP contribution in [0.5, 0.6) is 0 Å². The van der Waals surface area contributed by atoms with E-state index >= 15 is 0 Å². The topological polar surface area (TPSA) is 12.0 Å². The van der Waals surface area contributed by atoms with E-state index in [1.54, 1.807) is 0 Å². The molecule has 82 valence electrons. The van der Waals surface area contributed by atoms with Crippen LogP contribution in [0.4, 0.5) is 0 Å². The highest BCUT2D eigenvalue weighted by Gasteiger charge is 2.07. The SMILES string of the molecule is CC(C)=C(CNC(=S)C(C)C)C(C)C. The van der Waals surface area contributed by atoms with Gasteiger partial charge in [0, 0.05) is 12.5 Å². The van der Waals surface area contributed by atoms with Crippen LogP contribution in [0.25, 0.3) is 0 Å². The highest BCUT2D eigenvalue weighted by molar-refractivity contribution is 7.80. The van der Waals surface area contributed by atoms with Gasteiger partial charge < -0.3 is 5.32 Å². The van der Waals surface area contributed by atoms with Crippen molar-refractivity contribution in [1.29, 1.82) is 0 Å². The molecule has 0 aromatic heterocycles. The number of rotatable bonds is 4. The van der Waals surface area contributed by atoms with Crippen molar-refractivity contribution in [2.24, 2.45) is 11.8 Å². The van der Waals surface area contributed by atoms with Gasteiger partial charge in [0.2, 0.25) is 0 Å². The quantitative estimate of drug-likeness (QED) is 0.566. The lowest BCUT2D eigenvalue weighted by Gasteiger charge is -2.17. The fourth-order valence-corrected chi connectivity index (χ4v) is 1.42. The summed E-state index contributed by atoms with van der Waals surface area (Å²) in [6.07, 6.45) is 0. The zero-order chi connectivity index (χ0) is 11.3. The summed E-state index contributed by atoms with van der Waals surface area (Å²) in [5.74, 6) is 1.04. The molecule has 0 aliphatic rings. The molecule has 0 aromatic rings. The minimum atomic E-state index is 0.440. The van der Waals surface area contributed by atoms with Crippen LogP contribution >= 0.6 is 12.2 Å². The maximum Gasteiger partial charge on any atom is 0.0781 e. The zero-order valence-corrected chi connectivity index (χ0v) is 11.1. The lowest BCUT2D eigenvalue weighted by Crippen LogP contribution is -2.29. The minimum Gasteiger partial charge on any atom is -0.376 e. The summed E-state index contributed by atoms with van der Waals surface area (Å²) in [6.45, 7) is 13.9. The fourth-order valence-electron chi connectivity index (χ4n) is 1.34. The number of thiocarbonyl (C=S) groups is 1. The Morgan fingerprint density at radius 1 is 1.07 bits per heavy atom. The first kappa shape index (κ1) is 13.6. The van der Waals surface area contributed by atoms with Crippen LogP contribution in [0, 0.1) is 11.8 Å². The molecule has 0 atom stereocenters. The van der Waals surface area contributed by atoms with Crippen LogP contribution in [0.2, 0.25) is 0 Å². The summed E-state index contributed by atoms with van der Waals surface area (Å²) in [5, 5.41) is 3.32. The molecule has 0 rings (SSSR count). The largest absolute Gasteiger partial charge is 0.376 e. The molecule has 1 nitrogen and oxygen atoms in total. The van der Waals surface area contributed by atoms with Crippen molar-refractivity contribution in [3.05, 3.63) is 11.1 Å². The normalized spacial score (nSPS) is 10.6. The van der Waals surface area contributed by atoms with Crippen molar-refractivity contribution in [2.45, 2.75) is 41.5 Å². The van der Waals surface area contributed by atoms with Gasteiger partial charge in [0.15, 0.2) is 0 Å². The molecule has 0 aliphatic carbocycles. The zero-order valence-electron chi connectivity index (χ0n) is 10.3. The lowest BCUT2D eigenvalue weighted by molar-refractivity contribution is 0.706. The van der Waals surface area contributed by atoms with Crippen molar-refractivity contribution in [1.82, 2.24) is 5.32 Å². The predicted molar refractivity (Wildman–Crippen MR) is 68.7 cm³/mol. The Hall–Kier alpha value is -0.370. The van der Waals surface area contributed by atoms with Gasteiger partial charge in [0.05, 0.1) is 4.99 Å². The summed E-state index contributed by atoms with van der Waals surface area (Å²) < 4.78 is 0. The average Bonchev–Trinajstić information content (AvgIpc) is 2.02. The van der Waals surface area contributed by atoms with Crippen molar-refractivity contribution in [3.63, 3.8) is 0 Å². The molecule has 0 saturated heterocycles. The number of hydrogen-bond donors (Lipinski definition) is 1. The standard InChI is InChI=1S/C12H23NS/c1-8(2)11(9(3)4)7-13-12(14)10(5)6/h8,10H,7H2,1-6H3,(H,13,14). The first-order valence-corrected chi connectivity index (χ1v) is 5.71. The maximum absolute atomic E-state index is 5.24. The van der Waals surface area contributed by atoms with Crippen LogP contribution in [-0.4, -0.2) is 11.5 Å². The van der Waals surface area contributed by atoms with Gasteiger partial charge in [-0.3, -0.25) is 0 Å². The van der Waals surface area contributed by atoms with Crippen molar-refractivity contribution >= 4 is 17.2 Å². The second kappa shape index (κ2) is 6.18. The van der Waals surface area contributed by atoms with Crippen molar-refractivity contribution < 1.29 is 0 Å². The lowest BCUT2D eigenvalue weighted by atomic mass is 9.98. The van der Waals surface area contributed by atoms with E-state index in [1.807, 2.05) is 0 Å². The molecule has 0 aliphatic heterocycles. The summed E-state index contributed by atoms with van der Waals surface area (Å²) in [5.41, 5.74) is 2.87. The van der Waals surface area contributed by atoms with Gasteiger partial charge in [-0.25, -0.2) is 0 Å². The Labute approximate surface area is 94.0 Å². The molecule has 0 fully saturated rings. The van der Waals surface area contributed by atoms with Gasteiger partial charge in [-0.15, -0.1) is 0 Å². The van der Waals surface area contributed by atoms with Crippen molar-refractivity contribution in [3.8, 4) is 0 Å². The minimum absolute atomic E-state index is 0.440. The molecule has 0 heterocycles. The molecule has 0 spiro atoms. The Morgan fingerprint density at radius 3 is 1.86 bits per heavy atom. The van der Waals surface area contributed by atoms with Gasteiger partial charge in [-0.1, -0.05) is 45.5 Å². The van der Waals surface area contributed by atoms with Gasteiger partial charge in [0.1, 0.15) is 0 Å². The van der Waals surface area contributed by atoms with E-state index in [9.17, 15) is 0 Å². The molecule has 0 unspecified atom stereocenters. The molecular formula is C12H23NS. The maximum atomic E-state index is 5.24. The second-order valence-corrected chi connectivity index (χ2v) is 4.99. The molecule has 0 saturated carbocycles. The van der Waals surface area contributed by atoms with E-state index in [-0.39, 0.29) is 0 Å². The third kappa shape index (κ3) is 4.75. The molecule has 0 bridgehead atoms. The Morgan fingerprint density at radius 2 is 1.57 bits per heavy atom. The molecule has 0 radical (unpaired) electrons. The summed E-state index contributed by atoms with van der Waals surface area (Å²) in [7, 11) is 0. The second-order valence-electron chi connectivity index (χ2n) is 4.55. The van der Waals surface area contributed by atoms with Crippen LogP contribution in [0.1, 0.15) is 41.5 Å². The molecule has 14 heavy (non-hydrogen) atoms. The van der Waals surface area contributed by atoms with E-state index in [1.165, 1.54) is 11.1 Å². The smallest absolute Gasteiger partial charge is 0.0781 e. The van der Waals surface area contributed by atoms with Crippen LogP contribution in [-0.2, 0) is 0 Å². The van der Waals surface area contributed by atoms with Gasteiger partial charge in [-0.05, 0) is 25.3 Å². The third-order valence-corrected chi connectivity index (χ3v) is 2.93. The van der Waals surface area contributed by atoms with Crippen LogP contribution < -0.4 is 5.32 Å². The fraction of sp³-hybridized carbons (Fsp3) is 0.750. The Bertz CT molecular complexity index is 222. The molecule has 1 N–H and O–H groups in total. The van der Waals surface area contributed by atoms with Gasteiger partial charge >= 0.3 is 0 Å². The number of nitrogens with one attached hydrogen (secondary N) is 1. The van der Waals surface area contributed by atoms with E-state index in [0.29, 0.717) is 11.8 Å². The Kier molecular flexibility index (Phi) is 6.01. The molecule has 0 amide bonds. The first-order chi connectivity index (χ1) is 6.36. The van der Waals surface area contributed by atoms with Gasteiger partial charge in [0.25, 0.3) is 0 Å². The van der Waals surface area contributed by atoms with E-state index < -0.39 is 0 Å². The van der Waals surface area contributed by atoms with Crippen molar-refractivity contribution in [2.75, 3.05) is 6.54 Å². The van der Waals surface area contributed by atoms with Crippen LogP contribution in [0.3, 0.4) is 0 Å². The summed E-state index contributed by atoms with van der Waals surface area (Å²) in [4.78, 5) is 0.962. The number of hydrogen-bond acceptors (Lipinski definition) is 1. The predicted octanol–water partition coefficient (Wildman–Crippen LogP) is 3.55. The highest BCUT2D eigenvalue weighted by atomic mass is 32.1. The molecule has 2 heteroatoms. The molecular weight excluding hydrogens is 190 g/mol. The van der Waals surface area contributed by atoms with E-state index in [4.69, 9.17) is 12.2 Å².